The standard InChI is InChI=1S/C12H13F3N2O/c13-12(14,15)11-3-7(1-2-17-11)18-6-10-8-4-16-5-9(8)10/h1-3,8-10,16H,4-6H2. The summed E-state index contributed by atoms with van der Waals surface area (Å²) in [5.74, 6) is 2.03. The number of nitrogens with zero attached hydrogens (tertiary/aromatic N) is 1. The van der Waals surface area contributed by atoms with E-state index in [-0.39, 0.29) is 5.75 Å². The molecule has 1 aliphatic carbocycles. The van der Waals surface area contributed by atoms with Crippen molar-refractivity contribution in [3.63, 3.8) is 0 Å². The van der Waals surface area contributed by atoms with Gasteiger partial charge in [0.15, 0.2) is 0 Å². The summed E-state index contributed by atoms with van der Waals surface area (Å²) >= 11 is 0. The molecule has 0 bridgehead atoms. The van der Waals surface area contributed by atoms with Gasteiger partial charge < -0.3 is 10.1 Å². The molecule has 0 amide bonds. The molecule has 3 nitrogen and oxygen atoms in total. The Morgan fingerprint density at radius 3 is 2.72 bits per heavy atom. The van der Waals surface area contributed by atoms with Crippen molar-refractivity contribution >= 4 is 0 Å². The van der Waals surface area contributed by atoms with Crippen molar-refractivity contribution in [2.45, 2.75) is 6.18 Å². The van der Waals surface area contributed by atoms with Gasteiger partial charge in [-0.25, -0.2) is 0 Å². The minimum absolute atomic E-state index is 0.246. The van der Waals surface area contributed by atoms with E-state index in [1.165, 1.54) is 6.07 Å². The molecule has 1 aliphatic heterocycles. The zero-order valence-electron chi connectivity index (χ0n) is 9.57. The highest BCUT2D eigenvalue weighted by Crippen LogP contribution is 2.48. The van der Waals surface area contributed by atoms with Gasteiger partial charge in [0.1, 0.15) is 11.4 Å². The molecule has 2 heterocycles. The van der Waals surface area contributed by atoms with E-state index in [1.807, 2.05) is 0 Å². The Hall–Kier alpha value is -1.30. The number of nitrogens with one attached hydrogen (secondary N) is 1. The van der Waals surface area contributed by atoms with Crippen LogP contribution < -0.4 is 10.1 Å². The third kappa shape index (κ3) is 2.16. The average molecular weight is 258 g/mol. The number of ether oxygens (including phenoxy) is 1. The lowest BCUT2D eigenvalue weighted by Crippen LogP contribution is -2.17. The lowest BCUT2D eigenvalue weighted by atomic mass is 10.3. The predicted molar refractivity (Wildman–Crippen MR) is 58.1 cm³/mol. The van der Waals surface area contributed by atoms with Gasteiger partial charge in [0.2, 0.25) is 0 Å². The third-order valence-corrected chi connectivity index (χ3v) is 3.73. The topological polar surface area (TPSA) is 34.1 Å². The highest BCUT2D eigenvalue weighted by atomic mass is 19.4. The van der Waals surface area contributed by atoms with E-state index in [0.29, 0.717) is 24.4 Å². The summed E-state index contributed by atoms with van der Waals surface area (Å²) in [6.45, 7) is 2.50. The van der Waals surface area contributed by atoms with Crippen molar-refractivity contribution < 1.29 is 17.9 Å². The number of fused-ring (bicyclic) bond motifs is 1. The first kappa shape index (κ1) is 11.8. The van der Waals surface area contributed by atoms with E-state index >= 15 is 0 Å². The molecule has 1 saturated carbocycles. The second-order valence-corrected chi connectivity index (χ2v) is 4.84. The molecule has 2 fully saturated rings. The molecule has 0 radical (unpaired) electrons. The summed E-state index contributed by atoms with van der Waals surface area (Å²) in [6.07, 6.45) is -3.28. The summed E-state index contributed by atoms with van der Waals surface area (Å²) in [5.41, 5.74) is -0.905. The van der Waals surface area contributed by atoms with Gasteiger partial charge in [0.05, 0.1) is 6.61 Å². The summed E-state index contributed by atoms with van der Waals surface area (Å²) < 4.78 is 42.8. The maximum absolute atomic E-state index is 12.4. The minimum Gasteiger partial charge on any atom is -0.493 e. The summed E-state index contributed by atoms with van der Waals surface area (Å²) in [6, 6.07) is 2.42. The van der Waals surface area contributed by atoms with E-state index in [1.54, 1.807) is 0 Å². The van der Waals surface area contributed by atoms with Gasteiger partial charge in [-0.2, -0.15) is 13.2 Å². The van der Waals surface area contributed by atoms with Crippen LogP contribution in [0.2, 0.25) is 0 Å². The Kier molecular flexibility index (Phi) is 2.69. The van der Waals surface area contributed by atoms with Crippen LogP contribution in [-0.4, -0.2) is 24.7 Å². The van der Waals surface area contributed by atoms with Crippen LogP contribution in [0, 0.1) is 17.8 Å². The summed E-state index contributed by atoms with van der Waals surface area (Å²) in [7, 11) is 0. The van der Waals surface area contributed by atoms with Crippen LogP contribution in [0.15, 0.2) is 18.3 Å². The minimum atomic E-state index is -4.42. The molecule has 1 aromatic rings. The van der Waals surface area contributed by atoms with Gasteiger partial charge in [-0.15, -0.1) is 0 Å². The summed E-state index contributed by atoms with van der Waals surface area (Å²) in [4.78, 5) is 3.30. The number of alkyl halides is 3. The third-order valence-electron chi connectivity index (χ3n) is 3.73. The monoisotopic (exact) mass is 258 g/mol. The largest absolute Gasteiger partial charge is 0.493 e. The molecule has 1 aromatic heterocycles. The number of rotatable bonds is 3. The SMILES string of the molecule is FC(F)(F)c1cc(OCC2C3CNCC32)ccn1. The molecule has 0 aromatic carbocycles. The maximum Gasteiger partial charge on any atom is 0.433 e. The first-order chi connectivity index (χ1) is 8.55. The van der Waals surface area contributed by atoms with Gasteiger partial charge in [-0.05, 0) is 31.0 Å². The van der Waals surface area contributed by atoms with Gasteiger partial charge >= 0.3 is 6.18 Å². The van der Waals surface area contributed by atoms with Crippen molar-refractivity contribution in [2.24, 2.45) is 17.8 Å². The van der Waals surface area contributed by atoms with Crippen LogP contribution in [0.1, 0.15) is 5.69 Å². The van der Waals surface area contributed by atoms with Gasteiger partial charge in [0, 0.05) is 18.2 Å². The molecular weight excluding hydrogens is 245 g/mol. The van der Waals surface area contributed by atoms with E-state index in [2.05, 4.69) is 10.3 Å². The van der Waals surface area contributed by atoms with Gasteiger partial charge in [-0.3, -0.25) is 4.98 Å². The molecule has 0 spiro atoms. The molecular formula is C12H13F3N2O. The first-order valence-electron chi connectivity index (χ1n) is 5.92. The fraction of sp³-hybridized carbons (Fsp3) is 0.583. The van der Waals surface area contributed by atoms with Crippen LogP contribution >= 0.6 is 0 Å². The number of aromatic nitrogens is 1. The van der Waals surface area contributed by atoms with Crippen molar-refractivity contribution in [2.75, 3.05) is 19.7 Å². The molecule has 2 aliphatic rings. The van der Waals surface area contributed by atoms with Gasteiger partial charge in [0.25, 0.3) is 0 Å². The zero-order chi connectivity index (χ0) is 12.8. The number of hydrogen-bond donors (Lipinski definition) is 1. The molecule has 2 atom stereocenters. The predicted octanol–water partition coefficient (Wildman–Crippen LogP) is 1.94. The average Bonchev–Trinajstić information content (AvgIpc) is 2.77. The van der Waals surface area contributed by atoms with E-state index in [0.717, 1.165) is 25.4 Å². The normalized spacial score (nSPS) is 30.1. The van der Waals surface area contributed by atoms with E-state index in [9.17, 15) is 13.2 Å². The Balaban J connectivity index is 1.60. The lowest BCUT2D eigenvalue weighted by Gasteiger charge is -2.10. The fourth-order valence-electron chi connectivity index (χ4n) is 2.64. The van der Waals surface area contributed by atoms with Crippen LogP contribution in [-0.2, 0) is 6.18 Å². The van der Waals surface area contributed by atoms with Crippen LogP contribution in [0.25, 0.3) is 0 Å². The smallest absolute Gasteiger partial charge is 0.433 e. The second-order valence-electron chi connectivity index (χ2n) is 4.84. The molecule has 2 unspecified atom stereocenters. The molecule has 1 saturated heterocycles. The molecule has 18 heavy (non-hydrogen) atoms. The number of halogens is 3. The van der Waals surface area contributed by atoms with Crippen molar-refractivity contribution in [3.8, 4) is 5.75 Å². The Morgan fingerprint density at radius 2 is 2.06 bits per heavy atom. The maximum atomic E-state index is 12.4. The quantitative estimate of drug-likeness (QED) is 0.899. The van der Waals surface area contributed by atoms with Crippen molar-refractivity contribution in [1.29, 1.82) is 0 Å². The summed E-state index contributed by atoms with van der Waals surface area (Å²) in [5, 5.41) is 3.26. The number of hydrogen-bond acceptors (Lipinski definition) is 3. The Labute approximate surface area is 102 Å². The number of piperidine rings is 1. The van der Waals surface area contributed by atoms with Crippen LogP contribution in [0.4, 0.5) is 13.2 Å². The lowest BCUT2D eigenvalue weighted by molar-refractivity contribution is -0.141. The van der Waals surface area contributed by atoms with E-state index < -0.39 is 11.9 Å². The first-order valence-corrected chi connectivity index (χ1v) is 5.92. The second kappa shape index (κ2) is 4.12. The highest BCUT2D eigenvalue weighted by Gasteiger charge is 2.53. The Bertz CT molecular complexity index is 439. The fourth-order valence-corrected chi connectivity index (χ4v) is 2.64. The molecule has 98 valence electrons. The Morgan fingerprint density at radius 1 is 1.33 bits per heavy atom. The molecule has 3 rings (SSSR count). The molecule has 6 heteroatoms. The highest BCUT2D eigenvalue weighted by molar-refractivity contribution is 5.24. The zero-order valence-corrected chi connectivity index (χ0v) is 9.57. The van der Waals surface area contributed by atoms with E-state index in [4.69, 9.17) is 4.74 Å². The van der Waals surface area contributed by atoms with Crippen LogP contribution in [0.5, 0.6) is 5.75 Å². The number of pyridine rings is 1. The van der Waals surface area contributed by atoms with Crippen LogP contribution in [0.3, 0.4) is 0 Å². The van der Waals surface area contributed by atoms with Gasteiger partial charge in [-0.1, -0.05) is 0 Å². The molecule has 1 N–H and O–H groups in total. The van der Waals surface area contributed by atoms with Crippen molar-refractivity contribution in [3.05, 3.63) is 24.0 Å². The van der Waals surface area contributed by atoms with Crippen molar-refractivity contribution in [1.82, 2.24) is 10.3 Å².